The number of H-pyrrole nitrogens is 1. The van der Waals surface area contributed by atoms with Gasteiger partial charge in [0.15, 0.2) is 0 Å². The second-order valence-electron chi connectivity index (χ2n) is 5.64. The number of benzene rings is 1. The molecule has 0 saturated heterocycles. The Morgan fingerprint density at radius 2 is 2.12 bits per heavy atom. The van der Waals surface area contributed by atoms with Crippen molar-refractivity contribution < 1.29 is 0 Å². The van der Waals surface area contributed by atoms with E-state index in [4.69, 9.17) is 0 Å². The van der Waals surface area contributed by atoms with Crippen LogP contribution in [0.5, 0.6) is 0 Å². The van der Waals surface area contributed by atoms with E-state index in [1.807, 2.05) is 49.4 Å². The van der Waals surface area contributed by atoms with E-state index in [-0.39, 0.29) is 5.56 Å². The molecule has 3 aromatic heterocycles. The third-order valence-corrected chi connectivity index (χ3v) is 4.71. The van der Waals surface area contributed by atoms with Gasteiger partial charge in [0.2, 0.25) is 0 Å². The predicted molar refractivity (Wildman–Crippen MR) is 96.8 cm³/mol. The summed E-state index contributed by atoms with van der Waals surface area (Å²) in [6, 6.07) is 13.4. The second-order valence-corrected chi connectivity index (χ2v) is 6.74. The molecule has 4 rings (SSSR count). The van der Waals surface area contributed by atoms with Gasteiger partial charge in [-0.1, -0.05) is 17.8 Å². The van der Waals surface area contributed by atoms with E-state index in [1.165, 1.54) is 16.4 Å². The Labute approximate surface area is 147 Å². The molecule has 0 amide bonds. The van der Waals surface area contributed by atoms with Crippen molar-refractivity contribution in [1.29, 1.82) is 0 Å². The SMILES string of the molecule is Cc1cccc(Cn2ncc3cc(Sc4cc[nH]n4)ccc3c2=O)n1. The molecule has 4 aromatic rings. The van der Waals surface area contributed by atoms with E-state index >= 15 is 0 Å². The lowest BCUT2D eigenvalue weighted by molar-refractivity contribution is 0.634. The van der Waals surface area contributed by atoms with E-state index in [9.17, 15) is 4.79 Å². The highest BCUT2D eigenvalue weighted by Crippen LogP contribution is 2.27. The maximum absolute atomic E-state index is 12.7. The number of aromatic amines is 1. The lowest BCUT2D eigenvalue weighted by atomic mass is 10.2. The molecule has 0 atom stereocenters. The van der Waals surface area contributed by atoms with Crippen molar-refractivity contribution >= 4 is 22.5 Å². The highest BCUT2D eigenvalue weighted by Gasteiger charge is 2.08. The lowest BCUT2D eigenvalue weighted by Crippen LogP contribution is -2.23. The maximum atomic E-state index is 12.7. The Bertz CT molecular complexity index is 1090. The molecule has 0 fully saturated rings. The number of aromatic nitrogens is 5. The largest absolute Gasteiger partial charge is 0.285 e. The molecular formula is C18H15N5OS. The van der Waals surface area contributed by atoms with Gasteiger partial charge in [0, 0.05) is 22.2 Å². The molecule has 25 heavy (non-hydrogen) atoms. The fraction of sp³-hybridized carbons (Fsp3) is 0.111. The van der Waals surface area contributed by atoms with Crippen LogP contribution in [0.4, 0.5) is 0 Å². The minimum Gasteiger partial charge on any atom is -0.285 e. The summed E-state index contributed by atoms with van der Waals surface area (Å²) in [6.07, 6.45) is 3.50. The molecule has 1 N–H and O–H groups in total. The molecule has 0 unspecified atom stereocenters. The summed E-state index contributed by atoms with van der Waals surface area (Å²) in [5, 5.41) is 13.6. The van der Waals surface area contributed by atoms with E-state index in [2.05, 4.69) is 20.3 Å². The van der Waals surface area contributed by atoms with Crippen LogP contribution in [0.3, 0.4) is 0 Å². The first-order chi connectivity index (χ1) is 12.2. The Hall–Kier alpha value is -2.93. The van der Waals surface area contributed by atoms with Crippen LogP contribution in [0.25, 0.3) is 10.8 Å². The standard InChI is InChI=1S/C18H15N5OS/c1-12-3-2-4-14(21-12)11-23-18(24)16-6-5-15(9-13(16)10-20-23)25-17-7-8-19-22-17/h2-10H,11H2,1H3,(H,19,22). The molecule has 0 aliphatic heterocycles. The Morgan fingerprint density at radius 3 is 2.92 bits per heavy atom. The molecule has 3 heterocycles. The van der Waals surface area contributed by atoms with Crippen LogP contribution in [0.15, 0.2) is 69.6 Å². The first-order valence-corrected chi connectivity index (χ1v) is 8.61. The van der Waals surface area contributed by atoms with Gasteiger partial charge in [-0.15, -0.1) is 0 Å². The van der Waals surface area contributed by atoms with E-state index in [0.717, 1.165) is 26.7 Å². The zero-order valence-electron chi connectivity index (χ0n) is 13.5. The topological polar surface area (TPSA) is 76.5 Å². The first-order valence-electron chi connectivity index (χ1n) is 7.79. The number of hydrogen-bond donors (Lipinski definition) is 1. The number of hydrogen-bond acceptors (Lipinski definition) is 5. The summed E-state index contributed by atoms with van der Waals surface area (Å²) in [5.74, 6) is 0. The summed E-state index contributed by atoms with van der Waals surface area (Å²) >= 11 is 1.53. The fourth-order valence-corrected chi connectivity index (χ4v) is 3.41. The van der Waals surface area contributed by atoms with Crippen molar-refractivity contribution in [2.45, 2.75) is 23.4 Å². The summed E-state index contributed by atoms with van der Waals surface area (Å²) in [7, 11) is 0. The average molecular weight is 349 g/mol. The molecule has 124 valence electrons. The summed E-state index contributed by atoms with van der Waals surface area (Å²) in [5.41, 5.74) is 1.63. The zero-order valence-corrected chi connectivity index (χ0v) is 14.3. The van der Waals surface area contributed by atoms with Crippen LogP contribution >= 0.6 is 11.8 Å². The maximum Gasteiger partial charge on any atom is 0.274 e. The Kier molecular flexibility index (Phi) is 4.07. The van der Waals surface area contributed by atoms with Gasteiger partial charge < -0.3 is 0 Å². The molecule has 1 aromatic carbocycles. The molecule has 0 radical (unpaired) electrons. The molecule has 0 bridgehead atoms. The molecule has 0 aliphatic rings. The van der Waals surface area contributed by atoms with Crippen LogP contribution in [0.1, 0.15) is 11.4 Å². The van der Waals surface area contributed by atoms with Gasteiger partial charge in [-0.05, 0) is 43.3 Å². The van der Waals surface area contributed by atoms with E-state index in [1.54, 1.807) is 12.4 Å². The van der Waals surface area contributed by atoms with Crippen molar-refractivity contribution in [3.05, 3.63) is 76.6 Å². The highest BCUT2D eigenvalue weighted by atomic mass is 32.2. The van der Waals surface area contributed by atoms with Crippen LogP contribution in [-0.4, -0.2) is 25.0 Å². The van der Waals surface area contributed by atoms with Gasteiger partial charge in [-0.3, -0.25) is 14.9 Å². The third-order valence-electron chi connectivity index (χ3n) is 3.78. The minimum atomic E-state index is -0.114. The minimum absolute atomic E-state index is 0.114. The quantitative estimate of drug-likeness (QED) is 0.613. The molecule has 0 spiro atoms. The average Bonchev–Trinajstić information content (AvgIpc) is 3.10. The van der Waals surface area contributed by atoms with Crippen LogP contribution < -0.4 is 5.56 Å². The van der Waals surface area contributed by atoms with Crippen LogP contribution in [-0.2, 0) is 6.54 Å². The number of fused-ring (bicyclic) bond motifs is 1. The number of pyridine rings is 1. The Balaban J connectivity index is 1.67. The van der Waals surface area contributed by atoms with Gasteiger partial charge in [0.25, 0.3) is 5.56 Å². The third kappa shape index (κ3) is 3.32. The molecule has 6 nitrogen and oxygen atoms in total. The number of nitrogens with zero attached hydrogens (tertiary/aromatic N) is 4. The van der Waals surface area contributed by atoms with Gasteiger partial charge in [-0.2, -0.15) is 10.2 Å². The normalized spacial score (nSPS) is 11.1. The smallest absolute Gasteiger partial charge is 0.274 e. The number of rotatable bonds is 4. The molecule has 0 aliphatic carbocycles. The first kappa shape index (κ1) is 15.6. The van der Waals surface area contributed by atoms with Crippen molar-refractivity contribution in [2.24, 2.45) is 0 Å². The predicted octanol–water partition coefficient (Wildman–Crippen LogP) is 3.02. The van der Waals surface area contributed by atoms with Gasteiger partial charge >= 0.3 is 0 Å². The fourth-order valence-electron chi connectivity index (χ4n) is 2.61. The van der Waals surface area contributed by atoms with Crippen LogP contribution in [0, 0.1) is 6.92 Å². The van der Waals surface area contributed by atoms with Crippen molar-refractivity contribution in [1.82, 2.24) is 25.0 Å². The zero-order chi connectivity index (χ0) is 17.2. The Morgan fingerprint density at radius 1 is 1.20 bits per heavy atom. The van der Waals surface area contributed by atoms with Crippen molar-refractivity contribution in [2.75, 3.05) is 0 Å². The molecular weight excluding hydrogens is 334 g/mol. The lowest BCUT2D eigenvalue weighted by Gasteiger charge is -2.07. The van der Waals surface area contributed by atoms with E-state index < -0.39 is 0 Å². The van der Waals surface area contributed by atoms with Crippen molar-refractivity contribution in [3.8, 4) is 0 Å². The van der Waals surface area contributed by atoms with Crippen molar-refractivity contribution in [3.63, 3.8) is 0 Å². The summed E-state index contributed by atoms with van der Waals surface area (Å²) < 4.78 is 1.45. The van der Waals surface area contributed by atoms with E-state index in [0.29, 0.717) is 11.9 Å². The molecule has 0 saturated carbocycles. The highest BCUT2D eigenvalue weighted by molar-refractivity contribution is 7.99. The summed E-state index contributed by atoms with van der Waals surface area (Å²) in [4.78, 5) is 18.1. The van der Waals surface area contributed by atoms with Gasteiger partial charge in [0.05, 0.1) is 23.8 Å². The second kappa shape index (κ2) is 6.52. The number of aryl methyl sites for hydroxylation is 1. The molecule has 7 heteroatoms. The van der Waals surface area contributed by atoms with Crippen LogP contribution in [0.2, 0.25) is 0 Å². The van der Waals surface area contributed by atoms with Gasteiger partial charge in [0.1, 0.15) is 5.03 Å². The van der Waals surface area contributed by atoms with Gasteiger partial charge in [-0.25, -0.2) is 4.68 Å². The summed E-state index contributed by atoms with van der Waals surface area (Å²) in [6.45, 7) is 2.29. The number of nitrogens with one attached hydrogen (secondary N) is 1. The monoisotopic (exact) mass is 349 g/mol.